The molecule has 0 aliphatic heterocycles. The lowest BCUT2D eigenvalue weighted by molar-refractivity contribution is 0.0240. The van der Waals surface area contributed by atoms with Crippen molar-refractivity contribution in [2.45, 2.75) is 76.6 Å². The van der Waals surface area contributed by atoms with Crippen LogP contribution in [0.1, 0.15) is 52.9 Å². The first-order valence-electron chi connectivity index (χ1n) is 6.53. The lowest BCUT2D eigenvalue weighted by Crippen LogP contribution is -2.42. The summed E-state index contributed by atoms with van der Waals surface area (Å²) in [6.45, 7) is 12.0. The van der Waals surface area contributed by atoms with Crippen molar-refractivity contribution in [3.63, 3.8) is 0 Å². The maximum Gasteiger partial charge on any atom is 0.191 e. The van der Waals surface area contributed by atoms with Gasteiger partial charge in [-0.2, -0.15) is 0 Å². The van der Waals surface area contributed by atoms with Gasteiger partial charge in [0.15, 0.2) is 8.32 Å². The summed E-state index contributed by atoms with van der Waals surface area (Å²) in [5.74, 6) is 0. The molecule has 0 heterocycles. The number of hydrogen-bond acceptors (Lipinski definition) is 2. The molecule has 0 bridgehead atoms. The van der Waals surface area contributed by atoms with E-state index >= 15 is 0 Å². The number of hydrogen-bond donors (Lipinski definition) is 1. The van der Waals surface area contributed by atoms with Crippen LogP contribution in [0.2, 0.25) is 18.1 Å². The van der Waals surface area contributed by atoms with E-state index in [0.717, 1.165) is 25.9 Å². The third-order valence-electron chi connectivity index (χ3n) is 4.37. The zero-order valence-corrected chi connectivity index (χ0v) is 12.6. The second-order valence-corrected chi connectivity index (χ2v) is 11.6. The molecule has 2 nitrogen and oxygen atoms in total. The molecule has 0 unspecified atom stereocenters. The standard InChI is InChI=1S/C13H28O2Si/c1-12(2,3)16(4,5)15-11-10-13(14)8-6-7-9-13/h14H,6-11H2,1-5H3. The minimum atomic E-state index is -1.62. The van der Waals surface area contributed by atoms with Crippen LogP contribution >= 0.6 is 0 Å². The summed E-state index contributed by atoms with van der Waals surface area (Å²) in [6.07, 6.45) is 5.11. The van der Waals surface area contributed by atoms with Crippen molar-refractivity contribution in [1.82, 2.24) is 0 Å². The minimum absolute atomic E-state index is 0.269. The van der Waals surface area contributed by atoms with E-state index in [0.29, 0.717) is 0 Å². The Morgan fingerprint density at radius 1 is 1.19 bits per heavy atom. The van der Waals surface area contributed by atoms with E-state index in [4.69, 9.17) is 4.43 Å². The van der Waals surface area contributed by atoms with E-state index in [9.17, 15) is 5.11 Å². The number of rotatable bonds is 4. The molecule has 0 radical (unpaired) electrons. The van der Waals surface area contributed by atoms with Gasteiger partial charge in [-0.05, 0) is 37.4 Å². The molecule has 16 heavy (non-hydrogen) atoms. The topological polar surface area (TPSA) is 29.5 Å². The quantitative estimate of drug-likeness (QED) is 0.764. The van der Waals surface area contributed by atoms with Gasteiger partial charge in [-0.25, -0.2) is 0 Å². The molecule has 1 saturated carbocycles. The summed E-state index contributed by atoms with van der Waals surface area (Å²) in [6, 6.07) is 0. The van der Waals surface area contributed by atoms with E-state index in [1.54, 1.807) is 0 Å². The molecule has 1 rings (SSSR count). The maximum atomic E-state index is 10.2. The predicted molar refractivity (Wildman–Crippen MR) is 71.2 cm³/mol. The Hall–Kier alpha value is 0.137. The zero-order chi connectivity index (χ0) is 12.4. The Labute approximate surface area is 102 Å². The molecule has 1 N–H and O–H groups in total. The monoisotopic (exact) mass is 244 g/mol. The van der Waals surface area contributed by atoms with Crippen LogP contribution in [0.4, 0.5) is 0 Å². The van der Waals surface area contributed by atoms with Crippen LogP contribution in [0.5, 0.6) is 0 Å². The molecular weight excluding hydrogens is 216 g/mol. The first kappa shape index (κ1) is 14.2. The van der Waals surface area contributed by atoms with Gasteiger partial charge in [-0.15, -0.1) is 0 Å². The molecule has 0 spiro atoms. The number of aliphatic hydroxyl groups is 1. The second-order valence-electron chi connectivity index (χ2n) is 6.79. The Morgan fingerprint density at radius 2 is 1.69 bits per heavy atom. The third kappa shape index (κ3) is 3.57. The van der Waals surface area contributed by atoms with E-state index in [-0.39, 0.29) is 5.04 Å². The van der Waals surface area contributed by atoms with Crippen molar-refractivity contribution in [2.24, 2.45) is 0 Å². The molecule has 1 aliphatic carbocycles. The van der Waals surface area contributed by atoms with Crippen LogP contribution in [-0.2, 0) is 4.43 Å². The Bertz CT molecular complexity index is 225. The fourth-order valence-corrected chi connectivity index (χ4v) is 3.04. The van der Waals surface area contributed by atoms with Crippen LogP contribution in [-0.4, -0.2) is 25.6 Å². The zero-order valence-electron chi connectivity index (χ0n) is 11.6. The largest absolute Gasteiger partial charge is 0.417 e. The normalized spacial score (nSPS) is 21.4. The van der Waals surface area contributed by atoms with Crippen molar-refractivity contribution >= 4 is 8.32 Å². The summed E-state index contributed by atoms with van der Waals surface area (Å²) < 4.78 is 6.10. The Kier molecular flexibility index (Phi) is 4.25. The van der Waals surface area contributed by atoms with Gasteiger partial charge in [0.05, 0.1) is 5.60 Å². The van der Waals surface area contributed by atoms with Gasteiger partial charge in [0.1, 0.15) is 0 Å². The molecule has 1 fully saturated rings. The highest BCUT2D eigenvalue weighted by Gasteiger charge is 2.38. The lowest BCUT2D eigenvalue weighted by atomic mass is 9.99. The fourth-order valence-electron chi connectivity index (χ4n) is 2.00. The molecular formula is C13H28O2Si. The van der Waals surface area contributed by atoms with Crippen molar-refractivity contribution in [3.8, 4) is 0 Å². The summed E-state index contributed by atoms with van der Waals surface area (Å²) in [7, 11) is -1.62. The molecule has 0 saturated heterocycles. The average Bonchev–Trinajstić information content (AvgIpc) is 2.50. The van der Waals surface area contributed by atoms with Crippen molar-refractivity contribution in [3.05, 3.63) is 0 Å². The molecule has 1 aliphatic rings. The Morgan fingerprint density at radius 3 is 2.12 bits per heavy atom. The van der Waals surface area contributed by atoms with Crippen LogP contribution < -0.4 is 0 Å². The first-order chi connectivity index (χ1) is 7.16. The molecule has 96 valence electrons. The van der Waals surface area contributed by atoms with E-state index < -0.39 is 13.9 Å². The highest BCUT2D eigenvalue weighted by molar-refractivity contribution is 6.74. The summed E-state index contributed by atoms with van der Waals surface area (Å²) in [5.41, 5.74) is -0.414. The van der Waals surface area contributed by atoms with Crippen LogP contribution in [0.3, 0.4) is 0 Å². The van der Waals surface area contributed by atoms with E-state index in [1.807, 2.05) is 0 Å². The lowest BCUT2D eigenvalue weighted by Gasteiger charge is -2.37. The van der Waals surface area contributed by atoms with Gasteiger partial charge in [0, 0.05) is 6.61 Å². The SMILES string of the molecule is CC(C)(C)[Si](C)(C)OCCC1(O)CCCC1. The summed E-state index contributed by atoms with van der Waals surface area (Å²) in [5, 5.41) is 10.5. The molecule has 0 aromatic heterocycles. The average molecular weight is 244 g/mol. The molecule has 3 heteroatoms. The maximum absolute atomic E-state index is 10.2. The second kappa shape index (κ2) is 4.79. The van der Waals surface area contributed by atoms with E-state index in [2.05, 4.69) is 33.9 Å². The first-order valence-corrected chi connectivity index (χ1v) is 9.44. The highest BCUT2D eigenvalue weighted by atomic mass is 28.4. The van der Waals surface area contributed by atoms with Crippen LogP contribution in [0, 0.1) is 0 Å². The minimum Gasteiger partial charge on any atom is -0.417 e. The summed E-state index contributed by atoms with van der Waals surface area (Å²) >= 11 is 0. The van der Waals surface area contributed by atoms with E-state index in [1.165, 1.54) is 12.8 Å². The molecule has 0 atom stereocenters. The fraction of sp³-hybridized carbons (Fsp3) is 1.00. The van der Waals surface area contributed by atoms with Crippen molar-refractivity contribution < 1.29 is 9.53 Å². The van der Waals surface area contributed by atoms with Gasteiger partial charge >= 0.3 is 0 Å². The Balaban J connectivity index is 2.35. The predicted octanol–water partition coefficient (Wildman–Crippen LogP) is 3.70. The van der Waals surface area contributed by atoms with Crippen molar-refractivity contribution in [1.29, 1.82) is 0 Å². The van der Waals surface area contributed by atoms with Crippen LogP contribution in [0.15, 0.2) is 0 Å². The van der Waals surface area contributed by atoms with Gasteiger partial charge < -0.3 is 9.53 Å². The van der Waals surface area contributed by atoms with Crippen molar-refractivity contribution in [2.75, 3.05) is 6.61 Å². The molecule has 0 amide bonds. The third-order valence-corrected chi connectivity index (χ3v) is 8.91. The van der Waals surface area contributed by atoms with Gasteiger partial charge in [0.25, 0.3) is 0 Å². The van der Waals surface area contributed by atoms with Gasteiger partial charge in [-0.3, -0.25) is 0 Å². The highest BCUT2D eigenvalue weighted by Crippen LogP contribution is 2.38. The smallest absolute Gasteiger partial charge is 0.191 e. The van der Waals surface area contributed by atoms with Gasteiger partial charge in [-0.1, -0.05) is 33.6 Å². The van der Waals surface area contributed by atoms with Gasteiger partial charge in [0.2, 0.25) is 0 Å². The molecule has 0 aromatic carbocycles. The summed E-state index contributed by atoms with van der Waals surface area (Å²) in [4.78, 5) is 0. The molecule has 0 aromatic rings. The van der Waals surface area contributed by atoms with Crippen LogP contribution in [0.25, 0.3) is 0 Å².